The van der Waals surface area contributed by atoms with Gasteiger partial charge in [-0.3, -0.25) is 4.90 Å². The quantitative estimate of drug-likeness (QED) is 0.225. The second-order valence-electron chi connectivity index (χ2n) is 14.0. The molecule has 3 aromatic carbocycles. The number of β-amino-alcohol motifs (C(OH)–C–C–N with tert-alkyl or cyclic N) is 1. The third-order valence-electron chi connectivity index (χ3n) is 10.3. The molecule has 3 saturated heterocycles. The van der Waals surface area contributed by atoms with Crippen molar-refractivity contribution < 1.29 is 23.0 Å². The molecule has 9 heteroatoms. The van der Waals surface area contributed by atoms with E-state index in [4.69, 9.17) is 9.72 Å². The van der Waals surface area contributed by atoms with Crippen molar-refractivity contribution in [1.82, 2.24) is 14.9 Å². The number of hydrogen-bond acceptors (Lipinski definition) is 6. The predicted octanol–water partition coefficient (Wildman–Crippen LogP) is 7.80. The molecule has 0 saturated carbocycles. The molecular weight excluding hydrogens is 589 g/mol. The Bertz CT molecular complexity index is 1840. The fourth-order valence-corrected chi connectivity index (χ4v) is 8.08. The van der Waals surface area contributed by atoms with Crippen LogP contribution in [0.4, 0.5) is 19.0 Å². The van der Waals surface area contributed by atoms with E-state index in [0.29, 0.717) is 65.8 Å². The van der Waals surface area contributed by atoms with Gasteiger partial charge in [0.05, 0.1) is 11.1 Å². The fraction of sp³-hybridized carbons (Fsp3) is 0.459. The molecule has 0 bridgehead atoms. The van der Waals surface area contributed by atoms with Crippen LogP contribution in [0.25, 0.3) is 38.9 Å². The first-order chi connectivity index (χ1) is 22.0. The number of halogens is 3. The number of rotatable bonds is 7. The van der Waals surface area contributed by atoms with Crippen LogP contribution in [0, 0.1) is 11.6 Å². The summed E-state index contributed by atoms with van der Waals surface area (Å²) >= 11 is 0. The Balaban J connectivity index is 1.44. The van der Waals surface area contributed by atoms with Crippen LogP contribution in [0.2, 0.25) is 0 Å². The number of fused-ring (bicyclic) bond motifs is 3. The smallest absolute Gasteiger partial charge is 0.319 e. The average Bonchev–Trinajstić information content (AvgIpc) is 3.54. The largest absolute Gasteiger partial charge is 0.461 e. The minimum absolute atomic E-state index is 0.0224. The summed E-state index contributed by atoms with van der Waals surface area (Å²) in [6, 6.07) is 10.6. The minimum atomic E-state index is -0.937. The lowest BCUT2D eigenvalue weighted by molar-refractivity contribution is 0.0447. The molecule has 4 aromatic rings. The van der Waals surface area contributed by atoms with Gasteiger partial charge in [-0.15, -0.1) is 0 Å². The van der Waals surface area contributed by atoms with Crippen molar-refractivity contribution in [3.63, 3.8) is 0 Å². The maximum absolute atomic E-state index is 17.3. The first-order valence-electron chi connectivity index (χ1n) is 16.4. The van der Waals surface area contributed by atoms with E-state index in [0.717, 1.165) is 36.8 Å². The van der Waals surface area contributed by atoms with E-state index in [1.165, 1.54) is 12.1 Å². The maximum atomic E-state index is 17.3. The highest BCUT2D eigenvalue weighted by Crippen LogP contribution is 2.44. The Morgan fingerprint density at radius 1 is 1.13 bits per heavy atom. The van der Waals surface area contributed by atoms with Gasteiger partial charge in [0.2, 0.25) is 0 Å². The second-order valence-corrected chi connectivity index (χ2v) is 14.0. The zero-order valence-electron chi connectivity index (χ0n) is 26.8. The number of aromatic nitrogens is 2. The average molecular weight is 631 g/mol. The van der Waals surface area contributed by atoms with Crippen LogP contribution >= 0.6 is 0 Å². The van der Waals surface area contributed by atoms with Gasteiger partial charge in [0, 0.05) is 42.6 Å². The topological polar surface area (TPSA) is 61.7 Å². The molecule has 1 N–H and O–H groups in total. The van der Waals surface area contributed by atoms with E-state index in [9.17, 15) is 9.50 Å². The molecule has 3 fully saturated rings. The lowest BCUT2D eigenvalue weighted by Gasteiger charge is -2.38. The number of ether oxygens (including phenoxy) is 1. The van der Waals surface area contributed by atoms with Gasteiger partial charge < -0.3 is 14.7 Å². The minimum Gasteiger partial charge on any atom is -0.461 e. The summed E-state index contributed by atoms with van der Waals surface area (Å²) in [6.45, 7) is 12.0. The Hall–Kier alpha value is -3.69. The summed E-state index contributed by atoms with van der Waals surface area (Å²) in [6.07, 6.45) is 4.14. The van der Waals surface area contributed by atoms with Crippen LogP contribution < -0.4 is 9.64 Å². The van der Waals surface area contributed by atoms with E-state index in [1.54, 1.807) is 13.0 Å². The molecule has 6 nitrogen and oxygen atoms in total. The molecule has 46 heavy (non-hydrogen) atoms. The Morgan fingerprint density at radius 3 is 2.70 bits per heavy atom. The highest BCUT2D eigenvalue weighted by molar-refractivity contribution is 6.05. The van der Waals surface area contributed by atoms with E-state index >= 15 is 8.78 Å². The lowest BCUT2D eigenvalue weighted by atomic mass is 9.86. The van der Waals surface area contributed by atoms with Crippen molar-refractivity contribution in [3.05, 3.63) is 65.7 Å². The summed E-state index contributed by atoms with van der Waals surface area (Å²) in [5.41, 5.74) is 0.680. The molecule has 242 valence electrons. The normalized spacial score (nSPS) is 25.1. The molecule has 0 spiro atoms. The van der Waals surface area contributed by atoms with Gasteiger partial charge in [-0.2, -0.15) is 9.97 Å². The zero-order chi connectivity index (χ0) is 32.4. The molecule has 1 aromatic heterocycles. The van der Waals surface area contributed by atoms with Gasteiger partial charge in [-0.1, -0.05) is 50.8 Å². The van der Waals surface area contributed by atoms with Crippen molar-refractivity contribution in [1.29, 1.82) is 0 Å². The number of aliphatic hydroxyl groups is 1. The summed E-state index contributed by atoms with van der Waals surface area (Å²) in [7, 11) is 0. The Kier molecular flexibility index (Phi) is 7.75. The molecule has 4 heterocycles. The second kappa shape index (κ2) is 11.5. The highest BCUT2D eigenvalue weighted by Gasteiger charge is 2.49. The van der Waals surface area contributed by atoms with Gasteiger partial charge in [0.15, 0.2) is 5.82 Å². The number of piperidine rings is 1. The van der Waals surface area contributed by atoms with Crippen LogP contribution in [0.15, 0.2) is 43.0 Å². The van der Waals surface area contributed by atoms with Crippen LogP contribution in [0.1, 0.15) is 69.9 Å². The Labute approximate surface area is 267 Å². The van der Waals surface area contributed by atoms with Crippen LogP contribution in [-0.4, -0.2) is 70.1 Å². The van der Waals surface area contributed by atoms with Crippen LogP contribution in [0.5, 0.6) is 6.01 Å². The van der Waals surface area contributed by atoms with Crippen LogP contribution in [-0.2, 0) is 0 Å². The van der Waals surface area contributed by atoms with Crippen molar-refractivity contribution in [3.8, 4) is 17.1 Å². The molecule has 0 aliphatic carbocycles. The lowest BCUT2D eigenvalue weighted by Crippen LogP contribution is -2.46. The van der Waals surface area contributed by atoms with Gasteiger partial charge in [-0.25, -0.2) is 13.2 Å². The number of nitrogens with zero attached hydrogens (tertiary/aromatic N) is 4. The number of anilines is 1. The molecule has 0 unspecified atom stereocenters. The third kappa shape index (κ3) is 5.21. The zero-order valence-corrected chi connectivity index (χ0v) is 26.8. The summed E-state index contributed by atoms with van der Waals surface area (Å²) in [5.74, 6) is -0.571. The van der Waals surface area contributed by atoms with E-state index in [2.05, 4.69) is 16.5 Å². The van der Waals surface area contributed by atoms with Crippen LogP contribution in [0.3, 0.4) is 0 Å². The SMILES string of the molecule is C=Cc1c(F)ccc2cccc(-c3c(C(C)C)cc4c(N5CCC[C@@](C)(O)C5)nc(OC[C@@]56CCCN5C[C@H](F)C6)nc4c3F)c12. The van der Waals surface area contributed by atoms with Crippen molar-refractivity contribution >= 4 is 33.6 Å². The number of alkyl halides is 1. The fourth-order valence-electron chi connectivity index (χ4n) is 8.08. The first kappa shape index (κ1) is 30.9. The summed E-state index contributed by atoms with van der Waals surface area (Å²) in [5, 5.41) is 12.9. The Morgan fingerprint density at radius 2 is 1.93 bits per heavy atom. The molecule has 0 amide bonds. The van der Waals surface area contributed by atoms with E-state index < -0.39 is 28.9 Å². The molecule has 7 rings (SSSR count). The summed E-state index contributed by atoms with van der Waals surface area (Å²) in [4.78, 5) is 13.7. The van der Waals surface area contributed by atoms with Gasteiger partial charge >= 0.3 is 6.01 Å². The molecular formula is C37H41F3N4O2. The molecule has 0 radical (unpaired) electrons. The standard InChI is InChI=1S/C37H41F3N4O2/c1-5-25-29(39)12-11-23-9-6-10-26(30(23)25)31-27(22(2)3)17-28-33(32(31)40)41-35(42-34(28)43-15-7-13-36(4,45)20-43)46-21-37-14-8-16-44(37)19-24(38)18-37/h5-6,9-12,17,22,24,45H,1,7-8,13-16,18-21H2,2-4H3/t24-,36-,37+/m1/s1. The van der Waals surface area contributed by atoms with E-state index in [1.807, 2.05) is 43.0 Å². The maximum Gasteiger partial charge on any atom is 0.319 e. The van der Waals surface area contributed by atoms with Gasteiger partial charge in [0.1, 0.15) is 29.9 Å². The van der Waals surface area contributed by atoms with Crippen molar-refractivity contribution in [2.75, 3.05) is 37.7 Å². The monoisotopic (exact) mass is 630 g/mol. The van der Waals surface area contributed by atoms with Crippen molar-refractivity contribution in [2.24, 2.45) is 0 Å². The number of hydrogen-bond donors (Lipinski definition) is 1. The van der Waals surface area contributed by atoms with Gasteiger partial charge in [-0.05, 0) is 79.1 Å². The molecule has 3 aliphatic rings. The number of benzene rings is 3. The van der Waals surface area contributed by atoms with Gasteiger partial charge in [0.25, 0.3) is 0 Å². The third-order valence-corrected chi connectivity index (χ3v) is 10.3. The molecule has 3 aliphatic heterocycles. The highest BCUT2D eigenvalue weighted by atomic mass is 19.1. The first-order valence-corrected chi connectivity index (χ1v) is 16.4. The van der Waals surface area contributed by atoms with E-state index in [-0.39, 0.29) is 24.1 Å². The molecule has 3 atom stereocenters. The van der Waals surface area contributed by atoms with Crippen molar-refractivity contribution in [2.45, 2.75) is 76.1 Å². The summed E-state index contributed by atoms with van der Waals surface area (Å²) < 4.78 is 53.2. The predicted molar refractivity (Wildman–Crippen MR) is 177 cm³/mol.